The number of amidine groups is 5. The fourth-order valence-corrected chi connectivity index (χ4v) is 17.9. The first-order chi connectivity index (χ1) is 28.2. The first kappa shape index (κ1) is 34.2. The van der Waals surface area contributed by atoms with Gasteiger partial charge in [-0.15, -0.1) is 0 Å². The average molecular weight is 816 g/mol. The van der Waals surface area contributed by atoms with Gasteiger partial charge in [-0.2, -0.15) is 0 Å². The number of benzene rings is 3. The summed E-state index contributed by atoms with van der Waals surface area (Å²) in [6, 6.07) is 25.7. The van der Waals surface area contributed by atoms with Crippen LogP contribution in [0.1, 0.15) is 105 Å². The summed E-state index contributed by atoms with van der Waals surface area (Å²) in [5.74, 6) is 6.19. The molecule has 3 aromatic carbocycles. The molecule has 0 amide bonds. The van der Waals surface area contributed by atoms with Crippen molar-refractivity contribution in [3.8, 4) is 0 Å². The Balaban J connectivity index is 1.22. The Hall–Kier alpha value is -4.91. The zero-order valence-electron chi connectivity index (χ0n) is 32.2. The van der Waals surface area contributed by atoms with Crippen LogP contribution in [0.2, 0.25) is 0 Å². The zero-order valence-corrected chi connectivity index (χ0v) is 34.3. The van der Waals surface area contributed by atoms with Crippen LogP contribution in [0, 0.1) is 11.8 Å². The van der Waals surface area contributed by atoms with Gasteiger partial charge in [0.1, 0.15) is 0 Å². The van der Waals surface area contributed by atoms with Crippen molar-refractivity contribution in [1.29, 1.82) is 0 Å². The zero-order chi connectivity index (χ0) is 37.5. The Bertz CT molecular complexity index is 2540. The van der Waals surface area contributed by atoms with Crippen molar-refractivity contribution >= 4 is 66.0 Å². The third kappa shape index (κ3) is 5.39. The van der Waals surface area contributed by atoms with Gasteiger partial charge in [0, 0.05) is 0 Å². The van der Waals surface area contributed by atoms with Crippen molar-refractivity contribution in [3.05, 3.63) is 118 Å². The van der Waals surface area contributed by atoms with Gasteiger partial charge in [0.05, 0.1) is 0 Å². The molecule has 3 aliphatic carbocycles. The molecule has 1 aromatic heterocycles. The van der Waals surface area contributed by atoms with Crippen LogP contribution >= 0.6 is 0 Å². The van der Waals surface area contributed by atoms with E-state index in [2.05, 4.69) is 97.6 Å². The number of fused-ring (bicyclic) bond motifs is 13. The fraction of sp³-hybridized carbons (Fsp3) is 0.370. The predicted octanol–water partition coefficient (Wildman–Crippen LogP) is 9.42. The van der Waals surface area contributed by atoms with E-state index in [0.29, 0.717) is 36.7 Å². The molecule has 2 fully saturated rings. The van der Waals surface area contributed by atoms with E-state index in [-0.39, 0.29) is 0 Å². The molecule has 286 valence electrons. The summed E-state index contributed by atoms with van der Waals surface area (Å²) in [5.41, 5.74) is 6.39. The SMILES string of the molecule is C1=CC2=C(CC1)C1=Nc3c4ccccc4c4[n]3[Ge]([O]CC3CCCCC3)([O]CC3CCCCC3)[N]3C(=NC2=N1)c1ccccc1C3NC1=NC(=N4)c2ccccc21. The second-order valence-corrected chi connectivity index (χ2v) is 22.3. The molecule has 4 aromatic rings. The van der Waals surface area contributed by atoms with Crippen molar-refractivity contribution in [2.45, 2.75) is 83.2 Å². The van der Waals surface area contributed by atoms with E-state index < -0.39 is 20.6 Å². The van der Waals surface area contributed by atoms with Crippen LogP contribution in [-0.2, 0) is 7.53 Å². The second-order valence-electron chi connectivity index (χ2n) is 16.8. The molecule has 0 radical (unpaired) electrons. The molecule has 12 rings (SSSR count). The van der Waals surface area contributed by atoms with Crippen LogP contribution in [0.15, 0.2) is 121 Å². The molecule has 1 unspecified atom stereocenters. The van der Waals surface area contributed by atoms with Gasteiger partial charge in [-0.25, -0.2) is 0 Å². The minimum atomic E-state index is -4.82. The Labute approximate surface area is 336 Å². The van der Waals surface area contributed by atoms with Crippen LogP contribution in [0.4, 0.5) is 11.6 Å². The normalized spacial score (nSPS) is 23.2. The molecule has 6 bridgehead atoms. The minimum absolute atomic E-state index is 0.395. The Morgan fingerprint density at radius 2 is 1.26 bits per heavy atom. The Kier molecular flexibility index (Phi) is 8.15. The summed E-state index contributed by atoms with van der Waals surface area (Å²) in [7, 11) is 0. The molecule has 6 heterocycles. The van der Waals surface area contributed by atoms with Gasteiger partial charge in [0.2, 0.25) is 0 Å². The molecule has 1 N–H and O–H groups in total. The number of allylic oxidation sites excluding steroid dienone is 1. The Morgan fingerprint density at radius 1 is 0.632 bits per heavy atom. The maximum atomic E-state index is 7.94. The van der Waals surface area contributed by atoms with Crippen LogP contribution in [0.5, 0.6) is 0 Å². The van der Waals surface area contributed by atoms with Gasteiger partial charge in [-0.05, 0) is 0 Å². The van der Waals surface area contributed by atoms with Gasteiger partial charge in [0.15, 0.2) is 0 Å². The van der Waals surface area contributed by atoms with E-state index in [4.69, 9.17) is 32.5 Å². The molecule has 0 saturated heterocycles. The molecule has 0 spiro atoms. The van der Waals surface area contributed by atoms with Gasteiger partial charge in [0.25, 0.3) is 0 Å². The molecule has 1 atom stereocenters. The van der Waals surface area contributed by atoms with Gasteiger partial charge in [-0.1, -0.05) is 0 Å². The second kappa shape index (κ2) is 13.6. The van der Waals surface area contributed by atoms with Crippen molar-refractivity contribution < 1.29 is 7.53 Å². The molecule has 10 nitrogen and oxygen atoms in total. The molecule has 57 heavy (non-hydrogen) atoms. The third-order valence-corrected chi connectivity index (χ3v) is 19.9. The first-order valence-electron chi connectivity index (χ1n) is 21.2. The van der Waals surface area contributed by atoms with E-state index in [1.54, 1.807) is 0 Å². The van der Waals surface area contributed by atoms with Crippen LogP contribution in [0.3, 0.4) is 0 Å². The fourth-order valence-electron chi connectivity index (χ4n) is 10.4. The summed E-state index contributed by atoms with van der Waals surface area (Å²) < 4.78 is 20.7. The summed E-state index contributed by atoms with van der Waals surface area (Å²) in [6.45, 7) is 1.22. The number of nitrogens with zero attached hydrogens (tertiary/aromatic N) is 7. The number of aliphatic imine (C=N–C) groups is 5. The van der Waals surface area contributed by atoms with E-state index in [1.165, 1.54) is 38.5 Å². The standard InChI is InChI=1S/C46H46GeN8O2/c1-3-15-29(16-4-1)27-56-47(57-28-30-17-5-2-6-18-30)54-43-35-23-11-12-24-36(35)45(54)52-41-33-21-9-10-22-34(33)42(49-41)53-46-38-26-14-13-25-37(38)44(55(46)47)51-40-32-20-8-7-19-31(32)39(48-40)50-43/h7-9,11-14,19-21,23-26,29-30,43H,1-6,10,15-18,22,27-28H2,(H,48,50,51). The quantitative estimate of drug-likeness (QED) is 0.196. The van der Waals surface area contributed by atoms with Gasteiger partial charge in [-0.3, -0.25) is 0 Å². The topological polar surface area (TPSA) is 100 Å². The van der Waals surface area contributed by atoms with E-state index in [0.717, 1.165) is 112 Å². The van der Waals surface area contributed by atoms with Crippen molar-refractivity contribution in [3.63, 3.8) is 0 Å². The monoisotopic (exact) mass is 816 g/mol. The van der Waals surface area contributed by atoms with Crippen LogP contribution < -0.4 is 5.32 Å². The van der Waals surface area contributed by atoms with Crippen LogP contribution in [0.25, 0.3) is 10.8 Å². The number of hydrogen-bond acceptors (Lipinski definition) is 9. The molecular weight excluding hydrogens is 769 g/mol. The summed E-state index contributed by atoms with van der Waals surface area (Å²) in [5, 5.41) is 6.02. The van der Waals surface area contributed by atoms with Crippen molar-refractivity contribution in [1.82, 2.24) is 12.7 Å². The molecule has 2 saturated carbocycles. The predicted molar refractivity (Wildman–Crippen MR) is 228 cm³/mol. The molecule has 8 aliphatic rings. The molecular formula is C46H46GeN8O2. The van der Waals surface area contributed by atoms with Crippen LogP contribution in [-0.4, -0.2) is 64.2 Å². The Morgan fingerprint density at radius 3 is 1.98 bits per heavy atom. The average Bonchev–Trinajstić information content (AvgIpc) is 3.98. The van der Waals surface area contributed by atoms with Gasteiger partial charge < -0.3 is 0 Å². The van der Waals surface area contributed by atoms with E-state index in [1.807, 2.05) is 0 Å². The number of nitrogens with one attached hydrogen (secondary N) is 1. The van der Waals surface area contributed by atoms with E-state index >= 15 is 0 Å². The van der Waals surface area contributed by atoms with Gasteiger partial charge >= 0.3 is 338 Å². The van der Waals surface area contributed by atoms with Crippen molar-refractivity contribution in [2.75, 3.05) is 13.2 Å². The number of hydrogen-bond donors (Lipinski definition) is 1. The molecule has 5 aliphatic heterocycles. The number of rotatable bonds is 6. The number of aromatic nitrogens is 1. The summed E-state index contributed by atoms with van der Waals surface area (Å²) in [4.78, 5) is 27.6. The summed E-state index contributed by atoms with van der Waals surface area (Å²) in [6.07, 6.45) is 18.0. The molecule has 11 heteroatoms. The third-order valence-electron chi connectivity index (χ3n) is 13.3. The first-order valence-corrected chi connectivity index (χ1v) is 24.8. The van der Waals surface area contributed by atoms with E-state index in [9.17, 15) is 0 Å². The maximum absolute atomic E-state index is 7.94. The van der Waals surface area contributed by atoms with Crippen molar-refractivity contribution in [2.24, 2.45) is 36.8 Å². The summed E-state index contributed by atoms with van der Waals surface area (Å²) >= 11 is -4.82.